The second-order valence-electron chi connectivity index (χ2n) is 7.51. The normalized spacial score (nSPS) is 15.9. The topological polar surface area (TPSA) is 64.4 Å². The maximum atomic E-state index is 13.2. The van der Waals surface area contributed by atoms with Gasteiger partial charge in [0.15, 0.2) is 0 Å². The van der Waals surface area contributed by atoms with Gasteiger partial charge in [-0.15, -0.1) is 0 Å². The monoisotopic (exact) mass is 403 g/mol. The summed E-state index contributed by atoms with van der Waals surface area (Å²) in [5, 5.41) is 4.32. The number of likely N-dealkylation sites (tertiary alicyclic amines) is 1. The molecule has 30 heavy (non-hydrogen) atoms. The van der Waals surface area contributed by atoms with Gasteiger partial charge in [0.1, 0.15) is 18.1 Å². The molecule has 0 unspecified atom stereocenters. The highest BCUT2D eigenvalue weighted by atomic mass is 16.5. The molecule has 154 valence electrons. The van der Waals surface area contributed by atoms with Crippen molar-refractivity contribution in [3.63, 3.8) is 0 Å². The lowest BCUT2D eigenvalue weighted by atomic mass is 10.0. The molecule has 0 saturated carbocycles. The van der Waals surface area contributed by atoms with Crippen molar-refractivity contribution in [2.45, 2.75) is 32.4 Å². The number of carbonyl (C=O) groups is 1. The van der Waals surface area contributed by atoms with Crippen LogP contribution in [0.15, 0.2) is 71.5 Å². The molecule has 0 radical (unpaired) electrons. The molecule has 0 N–H and O–H groups in total. The first-order chi connectivity index (χ1) is 14.6. The van der Waals surface area contributed by atoms with Gasteiger partial charge in [0.25, 0.3) is 11.5 Å². The molecule has 2 heterocycles. The van der Waals surface area contributed by atoms with Gasteiger partial charge in [0.2, 0.25) is 0 Å². The van der Waals surface area contributed by atoms with Crippen LogP contribution in [0.5, 0.6) is 5.75 Å². The van der Waals surface area contributed by atoms with Gasteiger partial charge in [-0.2, -0.15) is 5.10 Å². The molecule has 0 spiro atoms. The second kappa shape index (κ2) is 8.95. The van der Waals surface area contributed by atoms with Crippen LogP contribution in [0.25, 0.3) is 0 Å². The Morgan fingerprint density at radius 1 is 1.07 bits per heavy atom. The minimum Gasteiger partial charge on any atom is -0.492 e. The van der Waals surface area contributed by atoms with Crippen molar-refractivity contribution >= 4 is 5.91 Å². The van der Waals surface area contributed by atoms with E-state index < -0.39 is 0 Å². The molecule has 1 amide bonds. The number of nitrogens with zero attached hydrogens (tertiary/aromatic N) is 3. The third-order valence-electron chi connectivity index (χ3n) is 5.38. The average molecular weight is 403 g/mol. The van der Waals surface area contributed by atoms with E-state index in [0.717, 1.165) is 24.2 Å². The van der Waals surface area contributed by atoms with Crippen molar-refractivity contribution in [1.82, 2.24) is 14.7 Å². The van der Waals surface area contributed by atoms with Gasteiger partial charge >= 0.3 is 0 Å². The molecule has 0 bridgehead atoms. The van der Waals surface area contributed by atoms with Gasteiger partial charge in [-0.3, -0.25) is 9.59 Å². The van der Waals surface area contributed by atoms with Crippen LogP contribution in [0.4, 0.5) is 0 Å². The zero-order valence-electron chi connectivity index (χ0n) is 17.0. The lowest BCUT2D eigenvalue weighted by Gasteiger charge is -2.25. The highest BCUT2D eigenvalue weighted by molar-refractivity contribution is 5.92. The summed E-state index contributed by atoms with van der Waals surface area (Å²) in [4.78, 5) is 27.2. The highest BCUT2D eigenvalue weighted by Gasteiger charge is 2.31. The molecule has 1 fully saturated rings. The largest absolute Gasteiger partial charge is 0.492 e. The number of rotatable bonds is 6. The van der Waals surface area contributed by atoms with Crippen molar-refractivity contribution in [3.8, 4) is 5.75 Å². The van der Waals surface area contributed by atoms with Gasteiger partial charge in [0.05, 0.1) is 12.6 Å². The van der Waals surface area contributed by atoms with Gasteiger partial charge in [-0.1, -0.05) is 48.0 Å². The summed E-state index contributed by atoms with van der Waals surface area (Å²) in [6.07, 6.45) is 1.88. The fourth-order valence-electron chi connectivity index (χ4n) is 3.78. The van der Waals surface area contributed by atoms with Gasteiger partial charge in [-0.05, 0) is 43.5 Å². The van der Waals surface area contributed by atoms with Crippen molar-refractivity contribution in [2.24, 2.45) is 0 Å². The number of hydrogen-bond acceptors (Lipinski definition) is 4. The van der Waals surface area contributed by atoms with E-state index in [4.69, 9.17) is 4.74 Å². The van der Waals surface area contributed by atoms with Gasteiger partial charge in [0, 0.05) is 12.6 Å². The quantitative estimate of drug-likeness (QED) is 0.631. The molecule has 1 saturated heterocycles. The average Bonchev–Trinajstić information content (AvgIpc) is 3.26. The smallest absolute Gasteiger partial charge is 0.274 e. The third-order valence-corrected chi connectivity index (χ3v) is 5.38. The Morgan fingerprint density at radius 3 is 2.60 bits per heavy atom. The van der Waals surface area contributed by atoms with E-state index in [1.165, 1.54) is 22.4 Å². The summed E-state index contributed by atoms with van der Waals surface area (Å²) in [5.74, 6) is 0.589. The summed E-state index contributed by atoms with van der Waals surface area (Å²) >= 11 is 0. The highest BCUT2D eigenvalue weighted by Crippen LogP contribution is 2.32. The molecule has 1 atom stereocenters. The van der Waals surface area contributed by atoms with Crippen LogP contribution >= 0.6 is 0 Å². The molecule has 2 aromatic carbocycles. The number of ether oxygens (including phenoxy) is 1. The Balaban J connectivity index is 1.47. The molecule has 6 nitrogen and oxygen atoms in total. The Labute approximate surface area is 175 Å². The minimum atomic E-state index is -0.250. The SMILES string of the molecule is Cc1ccc([C@H]2CCCN2C(=O)c2ccc(=O)n(CCOc3ccccc3)n2)cc1. The minimum absolute atomic E-state index is 0.0432. The number of amides is 1. The number of aryl methyl sites for hydroxylation is 1. The predicted molar refractivity (Wildman–Crippen MR) is 115 cm³/mol. The van der Waals surface area contributed by atoms with Crippen LogP contribution in [0.3, 0.4) is 0 Å². The molecule has 1 aliphatic rings. The lowest BCUT2D eigenvalue weighted by Crippen LogP contribution is -2.34. The zero-order chi connectivity index (χ0) is 20.9. The Hall–Kier alpha value is -3.41. The zero-order valence-corrected chi connectivity index (χ0v) is 17.0. The first-order valence-electron chi connectivity index (χ1n) is 10.3. The molecule has 6 heteroatoms. The maximum absolute atomic E-state index is 13.2. The standard InChI is InChI=1S/C24H25N3O3/c1-18-9-11-19(12-10-18)22-8-5-15-26(22)24(29)21-13-14-23(28)27(25-21)16-17-30-20-6-3-2-4-7-20/h2-4,6-7,9-14,22H,5,8,15-17H2,1H3/t22-/m1/s1. The van der Waals surface area contributed by atoms with Crippen LogP contribution < -0.4 is 10.3 Å². The van der Waals surface area contributed by atoms with Gasteiger partial charge < -0.3 is 9.64 Å². The predicted octanol–water partition coefficient (Wildman–Crippen LogP) is 3.61. The number of aromatic nitrogens is 2. The van der Waals surface area contributed by atoms with E-state index in [9.17, 15) is 9.59 Å². The van der Waals surface area contributed by atoms with E-state index in [1.807, 2.05) is 35.2 Å². The number of benzene rings is 2. The Kier molecular flexibility index (Phi) is 5.93. The van der Waals surface area contributed by atoms with Crippen LogP contribution in [0.1, 0.15) is 40.5 Å². The third kappa shape index (κ3) is 4.43. The summed E-state index contributed by atoms with van der Waals surface area (Å²) in [7, 11) is 0. The fourth-order valence-corrected chi connectivity index (χ4v) is 3.78. The van der Waals surface area contributed by atoms with Crippen LogP contribution in [-0.2, 0) is 6.54 Å². The number of hydrogen-bond donors (Lipinski definition) is 0. The maximum Gasteiger partial charge on any atom is 0.274 e. The first kappa shape index (κ1) is 19.9. The van der Waals surface area contributed by atoms with Crippen molar-refractivity contribution in [1.29, 1.82) is 0 Å². The second-order valence-corrected chi connectivity index (χ2v) is 7.51. The molecule has 0 aliphatic carbocycles. The van der Waals surface area contributed by atoms with Crippen molar-refractivity contribution in [2.75, 3.05) is 13.2 Å². The van der Waals surface area contributed by atoms with E-state index in [0.29, 0.717) is 13.2 Å². The first-order valence-corrected chi connectivity index (χ1v) is 10.3. The van der Waals surface area contributed by atoms with Crippen LogP contribution in [0.2, 0.25) is 0 Å². The van der Waals surface area contributed by atoms with E-state index in [1.54, 1.807) is 0 Å². The Bertz CT molecular complexity index is 1060. The van der Waals surface area contributed by atoms with Gasteiger partial charge in [-0.25, -0.2) is 4.68 Å². The summed E-state index contributed by atoms with van der Waals surface area (Å²) < 4.78 is 6.95. The fraction of sp³-hybridized carbons (Fsp3) is 0.292. The van der Waals surface area contributed by atoms with Crippen LogP contribution in [-0.4, -0.2) is 33.7 Å². The summed E-state index contributed by atoms with van der Waals surface area (Å²) in [5.41, 5.74) is 2.37. The number of para-hydroxylation sites is 1. The summed E-state index contributed by atoms with van der Waals surface area (Å²) in [6.45, 7) is 3.31. The van der Waals surface area contributed by atoms with Crippen molar-refractivity contribution < 1.29 is 9.53 Å². The molecule has 1 aliphatic heterocycles. The molecular formula is C24H25N3O3. The van der Waals surface area contributed by atoms with Crippen molar-refractivity contribution in [3.05, 3.63) is 93.9 Å². The molecule has 3 aromatic rings. The lowest BCUT2D eigenvalue weighted by molar-refractivity contribution is 0.0726. The van der Waals surface area contributed by atoms with E-state index in [2.05, 4.69) is 36.3 Å². The molecular weight excluding hydrogens is 378 g/mol. The van der Waals surface area contributed by atoms with E-state index >= 15 is 0 Å². The Morgan fingerprint density at radius 2 is 1.83 bits per heavy atom. The number of carbonyl (C=O) groups excluding carboxylic acids is 1. The molecule has 1 aromatic heterocycles. The molecule has 4 rings (SSSR count). The van der Waals surface area contributed by atoms with Crippen LogP contribution in [0, 0.1) is 6.92 Å². The summed E-state index contributed by atoms with van der Waals surface area (Å²) in [6, 6.07) is 20.7. The van der Waals surface area contributed by atoms with E-state index in [-0.39, 0.29) is 29.7 Å².